The Labute approximate surface area is 143 Å². The van der Waals surface area contributed by atoms with E-state index in [1.807, 2.05) is 51.1 Å². The van der Waals surface area contributed by atoms with Gasteiger partial charge in [-0.25, -0.2) is 4.98 Å². The Morgan fingerprint density at radius 3 is 2.71 bits per heavy atom. The number of hydrogen-bond acceptors (Lipinski definition) is 5. The van der Waals surface area contributed by atoms with Crippen molar-refractivity contribution in [3.8, 4) is 0 Å². The van der Waals surface area contributed by atoms with Crippen molar-refractivity contribution in [3.05, 3.63) is 63.0 Å². The summed E-state index contributed by atoms with van der Waals surface area (Å²) in [5.41, 5.74) is 1.63. The number of hydrogen-bond donors (Lipinski definition) is 0. The summed E-state index contributed by atoms with van der Waals surface area (Å²) in [6.07, 6.45) is 1.05. The minimum Gasteiger partial charge on any atom is -0.456 e. The van der Waals surface area contributed by atoms with Crippen molar-refractivity contribution in [2.75, 3.05) is 0 Å². The van der Waals surface area contributed by atoms with E-state index in [-0.39, 0.29) is 18.2 Å². The van der Waals surface area contributed by atoms with Gasteiger partial charge in [-0.15, -0.1) is 11.3 Å². The van der Waals surface area contributed by atoms with Crippen molar-refractivity contribution in [2.45, 2.75) is 33.4 Å². The second-order valence-electron chi connectivity index (χ2n) is 5.68. The van der Waals surface area contributed by atoms with E-state index in [2.05, 4.69) is 4.98 Å². The molecular formula is C18H18N2O3S. The highest BCUT2D eigenvalue weighted by Crippen LogP contribution is 2.25. The maximum absolute atomic E-state index is 12.6. The zero-order valence-corrected chi connectivity index (χ0v) is 14.6. The van der Waals surface area contributed by atoms with E-state index in [0.717, 1.165) is 16.0 Å². The number of aromatic nitrogens is 2. The van der Waals surface area contributed by atoms with E-state index in [1.54, 1.807) is 0 Å². The van der Waals surface area contributed by atoms with Gasteiger partial charge in [0.2, 0.25) is 0 Å². The molecule has 24 heavy (non-hydrogen) atoms. The number of ether oxygens (including phenoxy) is 1. The van der Waals surface area contributed by atoms with Crippen LogP contribution in [0.2, 0.25) is 0 Å². The highest BCUT2D eigenvalue weighted by molar-refractivity contribution is 7.18. The maximum atomic E-state index is 12.6. The molecule has 6 heteroatoms. The number of rotatable bonds is 4. The lowest BCUT2D eigenvalue weighted by molar-refractivity contribution is -0.149. The molecule has 124 valence electrons. The van der Waals surface area contributed by atoms with Gasteiger partial charge >= 0.3 is 5.97 Å². The molecule has 0 saturated heterocycles. The summed E-state index contributed by atoms with van der Waals surface area (Å²) in [4.78, 5) is 30.8. The molecule has 2 heterocycles. The fraction of sp³-hybridized carbons (Fsp3) is 0.278. The summed E-state index contributed by atoms with van der Waals surface area (Å²) in [7, 11) is 0. The third-order valence-corrected chi connectivity index (χ3v) is 5.15. The van der Waals surface area contributed by atoms with Crippen molar-refractivity contribution < 1.29 is 9.53 Å². The molecule has 0 amide bonds. The molecule has 0 bridgehead atoms. The van der Waals surface area contributed by atoms with Crippen molar-refractivity contribution in [2.24, 2.45) is 0 Å². The van der Waals surface area contributed by atoms with Crippen LogP contribution < -0.4 is 5.56 Å². The van der Waals surface area contributed by atoms with Crippen LogP contribution in [0, 0.1) is 13.8 Å². The average Bonchev–Trinajstić information content (AvgIpc) is 2.86. The molecular weight excluding hydrogens is 324 g/mol. The van der Waals surface area contributed by atoms with Crippen LogP contribution in [0.15, 0.2) is 41.5 Å². The van der Waals surface area contributed by atoms with Crippen LogP contribution in [-0.4, -0.2) is 15.5 Å². The third kappa shape index (κ3) is 3.10. The molecule has 0 N–H and O–H groups in total. The van der Waals surface area contributed by atoms with Crippen LogP contribution >= 0.6 is 11.3 Å². The lowest BCUT2D eigenvalue weighted by Gasteiger charge is -2.14. The van der Waals surface area contributed by atoms with Crippen molar-refractivity contribution in [3.63, 3.8) is 0 Å². The molecule has 0 aliphatic heterocycles. The minimum absolute atomic E-state index is 0.146. The monoisotopic (exact) mass is 342 g/mol. The molecule has 1 atom stereocenters. The van der Waals surface area contributed by atoms with E-state index >= 15 is 0 Å². The smallest absolute Gasteiger partial charge is 0.326 e. The standard InChI is InChI=1S/C18H18N2O3S/c1-11-13(3)24-17-16(11)18(22)20(10-19-17)9-15(21)23-12(2)14-7-5-4-6-8-14/h4-8,10,12H,9H2,1-3H3/t12-/m0/s1. The summed E-state index contributed by atoms with van der Waals surface area (Å²) in [6.45, 7) is 5.52. The van der Waals surface area contributed by atoms with Crippen molar-refractivity contribution in [1.82, 2.24) is 9.55 Å². The summed E-state index contributed by atoms with van der Waals surface area (Å²) < 4.78 is 6.73. The molecule has 0 spiro atoms. The number of benzene rings is 1. The first-order chi connectivity index (χ1) is 11.5. The van der Waals surface area contributed by atoms with Crippen LogP contribution in [-0.2, 0) is 16.1 Å². The summed E-state index contributed by atoms with van der Waals surface area (Å²) in [6, 6.07) is 9.49. The number of esters is 1. The van der Waals surface area contributed by atoms with E-state index in [0.29, 0.717) is 10.2 Å². The highest BCUT2D eigenvalue weighted by atomic mass is 32.1. The predicted octanol–water partition coefficient (Wildman–Crippen LogP) is 3.38. The molecule has 5 nitrogen and oxygen atoms in total. The van der Waals surface area contributed by atoms with Gasteiger partial charge in [-0.2, -0.15) is 0 Å². The van der Waals surface area contributed by atoms with Crippen molar-refractivity contribution >= 4 is 27.5 Å². The normalized spacial score (nSPS) is 12.3. The van der Waals surface area contributed by atoms with E-state index in [4.69, 9.17) is 4.74 Å². The SMILES string of the molecule is Cc1sc2ncn(CC(=O)O[C@@H](C)c3ccccc3)c(=O)c2c1C. The second-order valence-corrected chi connectivity index (χ2v) is 6.89. The van der Waals surface area contributed by atoms with Crippen LogP contribution in [0.25, 0.3) is 10.2 Å². The van der Waals surface area contributed by atoms with Gasteiger partial charge in [0, 0.05) is 4.88 Å². The van der Waals surface area contributed by atoms with Crippen molar-refractivity contribution in [1.29, 1.82) is 0 Å². The number of nitrogens with zero attached hydrogens (tertiary/aromatic N) is 2. The first kappa shape index (κ1) is 16.4. The van der Waals surface area contributed by atoms with Crippen LogP contribution in [0.3, 0.4) is 0 Å². The Bertz CT molecular complexity index is 944. The summed E-state index contributed by atoms with van der Waals surface area (Å²) in [5, 5.41) is 0.587. The molecule has 3 rings (SSSR count). The highest BCUT2D eigenvalue weighted by Gasteiger charge is 2.16. The lowest BCUT2D eigenvalue weighted by Crippen LogP contribution is -2.26. The van der Waals surface area contributed by atoms with Gasteiger partial charge in [-0.05, 0) is 31.9 Å². The fourth-order valence-electron chi connectivity index (χ4n) is 2.55. The van der Waals surface area contributed by atoms with Gasteiger partial charge in [0.1, 0.15) is 17.5 Å². The Kier molecular flexibility index (Phi) is 4.49. The Morgan fingerprint density at radius 2 is 2.00 bits per heavy atom. The predicted molar refractivity (Wildman–Crippen MR) is 94.3 cm³/mol. The first-order valence-corrected chi connectivity index (χ1v) is 8.48. The summed E-state index contributed by atoms with van der Waals surface area (Å²) in [5.74, 6) is -0.459. The van der Waals surface area contributed by atoms with Gasteiger partial charge in [0.25, 0.3) is 5.56 Å². The Morgan fingerprint density at radius 1 is 1.29 bits per heavy atom. The Balaban J connectivity index is 1.80. The number of carbonyl (C=O) groups excluding carboxylic acids is 1. The lowest BCUT2D eigenvalue weighted by atomic mass is 10.1. The number of fused-ring (bicyclic) bond motifs is 1. The van der Waals surface area contributed by atoms with Gasteiger partial charge < -0.3 is 4.74 Å². The van der Waals surface area contributed by atoms with Crippen LogP contribution in [0.1, 0.15) is 29.0 Å². The quantitative estimate of drug-likeness (QED) is 0.682. The molecule has 0 aliphatic carbocycles. The topological polar surface area (TPSA) is 61.2 Å². The maximum Gasteiger partial charge on any atom is 0.326 e. The molecule has 0 unspecified atom stereocenters. The second kappa shape index (κ2) is 6.57. The fourth-order valence-corrected chi connectivity index (χ4v) is 3.54. The minimum atomic E-state index is -0.459. The molecule has 0 radical (unpaired) electrons. The van der Waals surface area contributed by atoms with Crippen LogP contribution in [0.5, 0.6) is 0 Å². The Hall–Kier alpha value is -2.47. The first-order valence-electron chi connectivity index (χ1n) is 7.67. The zero-order valence-electron chi connectivity index (χ0n) is 13.8. The molecule has 2 aromatic heterocycles. The van der Waals surface area contributed by atoms with E-state index in [1.165, 1.54) is 22.2 Å². The van der Waals surface area contributed by atoms with Crippen LogP contribution in [0.4, 0.5) is 0 Å². The third-order valence-electron chi connectivity index (χ3n) is 4.03. The molecule has 1 aromatic carbocycles. The van der Waals surface area contributed by atoms with Gasteiger partial charge in [0.15, 0.2) is 0 Å². The molecule has 3 aromatic rings. The number of carbonyl (C=O) groups is 1. The van der Waals surface area contributed by atoms with Gasteiger partial charge in [-0.1, -0.05) is 30.3 Å². The van der Waals surface area contributed by atoms with E-state index < -0.39 is 5.97 Å². The summed E-state index contributed by atoms with van der Waals surface area (Å²) >= 11 is 1.49. The number of aryl methyl sites for hydroxylation is 2. The van der Waals surface area contributed by atoms with Gasteiger partial charge in [0.05, 0.1) is 11.7 Å². The largest absolute Gasteiger partial charge is 0.456 e. The molecule has 0 aliphatic rings. The molecule has 0 saturated carbocycles. The average molecular weight is 342 g/mol. The number of thiophene rings is 1. The zero-order chi connectivity index (χ0) is 17.3. The van der Waals surface area contributed by atoms with Gasteiger partial charge in [-0.3, -0.25) is 14.2 Å². The van der Waals surface area contributed by atoms with E-state index in [9.17, 15) is 9.59 Å². The molecule has 0 fully saturated rings.